The number of nitrogens with zero attached hydrogens (tertiary/aromatic N) is 3. The third-order valence-electron chi connectivity index (χ3n) is 6.62. The highest BCUT2D eigenvalue weighted by molar-refractivity contribution is 5.77. The molecule has 4 aromatic carbocycles. The Hall–Kier alpha value is -4.63. The van der Waals surface area contributed by atoms with Gasteiger partial charge in [0.2, 0.25) is 0 Å². The Labute approximate surface area is 217 Å². The van der Waals surface area contributed by atoms with Gasteiger partial charge in [0.05, 0.1) is 0 Å². The molecule has 0 unspecified atom stereocenters. The molecule has 1 aliphatic rings. The van der Waals surface area contributed by atoms with E-state index >= 15 is 0 Å². The summed E-state index contributed by atoms with van der Waals surface area (Å²) >= 11 is 0. The summed E-state index contributed by atoms with van der Waals surface area (Å²) in [7, 11) is 0. The third kappa shape index (κ3) is 5.03. The van der Waals surface area contributed by atoms with E-state index in [9.17, 15) is 0 Å². The van der Waals surface area contributed by atoms with Crippen LogP contribution in [0.3, 0.4) is 0 Å². The summed E-state index contributed by atoms with van der Waals surface area (Å²) in [4.78, 5) is 14.7. The van der Waals surface area contributed by atoms with Crippen LogP contribution >= 0.6 is 0 Å². The van der Waals surface area contributed by atoms with E-state index in [1.807, 2.05) is 30.3 Å². The van der Waals surface area contributed by atoms with Crippen molar-refractivity contribution in [3.05, 3.63) is 133 Å². The second kappa shape index (κ2) is 10.2. The number of allylic oxidation sites excluding steroid dienone is 4. The molecular weight excluding hydrogens is 450 g/mol. The van der Waals surface area contributed by atoms with Crippen LogP contribution in [-0.4, -0.2) is 15.0 Å². The third-order valence-corrected chi connectivity index (χ3v) is 6.62. The number of aromatic nitrogens is 3. The molecule has 178 valence electrons. The second-order valence-corrected chi connectivity index (χ2v) is 9.34. The molecule has 0 saturated heterocycles. The van der Waals surface area contributed by atoms with E-state index in [1.54, 1.807) is 0 Å². The van der Waals surface area contributed by atoms with Gasteiger partial charge in [0, 0.05) is 16.7 Å². The molecule has 3 nitrogen and oxygen atoms in total. The maximum atomic E-state index is 4.92. The fourth-order valence-corrected chi connectivity index (χ4v) is 4.59. The molecule has 3 heteroatoms. The van der Waals surface area contributed by atoms with Gasteiger partial charge in [-0.15, -0.1) is 0 Å². The standard InChI is InChI=1S/C34H27N3/c1-24-18-20-25(21-19-24)28-14-8-15-29(22-28)30-16-9-17-31(23-30)34-36-32(26-10-4-2-5-11-26)35-33(37-34)27-12-6-3-7-13-27/h2,4-6,8-23H,3,7H2,1H3. The maximum Gasteiger partial charge on any atom is 0.164 e. The van der Waals surface area contributed by atoms with Gasteiger partial charge in [-0.05, 0) is 54.2 Å². The van der Waals surface area contributed by atoms with Gasteiger partial charge in [0.15, 0.2) is 17.5 Å². The molecule has 0 aliphatic heterocycles. The fraction of sp³-hybridized carbons (Fsp3) is 0.0882. The summed E-state index contributed by atoms with van der Waals surface area (Å²) in [6.45, 7) is 2.11. The molecule has 0 radical (unpaired) electrons. The molecule has 0 atom stereocenters. The zero-order valence-corrected chi connectivity index (χ0v) is 20.8. The van der Waals surface area contributed by atoms with Gasteiger partial charge in [0.25, 0.3) is 0 Å². The van der Waals surface area contributed by atoms with Crippen LogP contribution in [0, 0.1) is 6.92 Å². The minimum absolute atomic E-state index is 0.681. The van der Waals surface area contributed by atoms with Crippen LogP contribution in [0.2, 0.25) is 0 Å². The van der Waals surface area contributed by atoms with Gasteiger partial charge in [-0.25, -0.2) is 15.0 Å². The first kappa shape index (κ1) is 22.8. The van der Waals surface area contributed by atoms with Gasteiger partial charge >= 0.3 is 0 Å². The molecule has 0 N–H and O–H groups in total. The normalized spacial score (nSPS) is 12.8. The van der Waals surface area contributed by atoms with E-state index in [-0.39, 0.29) is 0 Å². The molecule has 5 aromatic rings. The summed E-state index contributed by atoms with van der Waals surface area (Å²) in [5.41, 5.74) is 8.98. The van der Waals surface area contributed by atoms with Crippen LogP contribution in [0.15, 0.2) is 121 Å². The Kier molecular flexibility index (Phi) is 6.26. The number of benzene rings is 4. The van der Waals surface area contributed by atoms with E-state index in [4.69, 9.17) is 15.0 Å². The van der Waals surface area contributed by atoms with Crippen molar-refractivity contribution >= 4 is 5.57 Å². The number of rotatable bonds is 5. The summed E-state index contributed by atoms with van der Waals surface area (Å²) < 4.78 is 0. The van der Waals surface area contributed by atoms with E-state index in [0.29, 0.717) is 17.5 Å². The number of hydrogen-bond donors (Lipinski definition) is 0. The average molecular weight is 478 g/mol. The lowest BCUT2D eigenvalue weighted by atomic mass is 9.97. The summed E-state index contributed by atoms with van der Waals surface area (Å²) in [5, 5.41) is 0. The highest BCUT2D eigenvalue weighted by Crippen LogP contribution is 2.30. The first-order valence-corrected chi connectivity index (χ1v) is 12.7. The highest BCUT2D eigenvalue weighted by Gasteiger charge is 2.14. The largest absolute Gasteiger partial charge is 0.208 e. The smallest absolute Gasteiger partial charge is 0.164 e. The summed E-state index contributed by atoms with van der Waals surface area (Å²) in [5.74, 6) is 2.08. The minimum Gasteiger partial charge on any atom is -0.208 e. The predicted octanol–water partition coefficient (Wildman–Crippen LogP) is 8.58. The van der Waals surface area contributed by atoms with Crippen LogP contribution in [0.4, 0.5) is 0 Å². The fourth-order valence-electron chi connectivity index (χ4n) is 4.59. The molecule has 0 bridgehead atoms. The van der Waals surface area contributed by atoms with Gasteiger partial charge in [-0.3, -0.25) is 0 Å². The molecule has 1 aromatic heterocycles. The van der Waals surface area contributed by atoms with Crippen molar-refractivity contribution < 1.29 is 0 Å². The number of hydrogen-bond acceptors (Lipinski definition) is 3. The van der Waals surface area contributed by atoms with Crippen LogP contribution in [-0.2, 0) is 0 Å². The Balaban J connectivity index is 1.42. The maximum absolute atomic E-state index is 4.92. The molecule has 0 amide bonds. The second-order valence-electron chi connectivity index (χ2n) is 9.34. The molecule has 0 saturated carbocycles. The lowest BCUT2D eigenvalue weighted by Crippen LogP contribution is -2.03. The van der Waals surface area contributed by atoms with Crippen LogP contribution < -0.4 is 0 Å². The van der Waals surface area contributed by atoms with E-state index in [0.717, 1.165) is 40.7 Å². The molecule has 1 heterocycles. The van der Waals surface area contributed by atoms with E-state index in [2.05, 4.69) is 97.9 Å². The molecule has 1 aliphatic carbocycles. The topological polar surface area (TPSA) is 38.7 Å². The molecular formula is C34H27N3. The number of aryl methyl sites for hydroxylation is 1. The van der Waals surface area contributed by atoms with E-state index < -0.39 is 0 Å². The Morgan fingerprint density at radius 2 is 1.05 bits per heavy atom. The molecule has 37 heavy (non-hydrogen) atoms. The van der Waals surface area contributed by atoms with Crippen molar-refractivity contribution in [2.75, 3.05) is 0 Å². The van der Waals surface area contributed by atoms with Crippen molar-refractivity contribution in [3.8, 4) is 45.0 Å². The van der Waals surface area contributed by atoms with Crippen molar-refractivity contribution in [3.63, 3.8) is 0 Å². The van der Waals surface area contributed by atoms with Crippen LogP contribution in [0.5, 0.6) is 0 Å². The van der Waals surface area contributed by atoms with Crippen LogP contribution in [0.1, 0.15) is 24.2 Å². The zero-order chi connectivity index (χ0) is 25.0. The summed E-state index contributed by atoms with van der Waals surface area (Å²) in [6.07, 6.45) is 8.56. The average Bonchev–Trinajstić information content (AvgIpc) is 2.98. The van der Waals surface area contributed by atoms with E-state index in [1.165, 1.54) is 16.7 Å². The predicted molar refractivity (Wildman–Crippen MR) is 153 cm³/mol. The van der Waals surface area contributed by atoms with Gasteiger partial charge in [-0.1, -0.05) is 115 Å². The van der Waals surface area contributed by atoms with Gasteiger partial charge < -0.3 is 0 Å². The summed E-state index contributed by atoms with van der Waals surface area (Å²) in [6, 6.07) is 35.9. The van der Waals surface area contributed by atoms with Crippen molar-refractivity contribution in [1.82, 2.24) is 15.0 Å². The van der Waals surface area contributed by atoms with Gasteiger partial charge in [-0.2, -0.15) is 0 Å². The first-order valence-electron chi connectivity index (χ1n) is 12.7. The Morgan fingerprint density at radius 1 is 0.486 bits per heavy atom. The SMILES string of the molecule is Cc1ccc(-c2cccc(-c3cccc(-c4nc(C5=CCCC=C5)nc(-c5ccccc5)n4)c3)c2)cc1. The van der Waals surface area contributed by atoms with Crippen molar-refractivity contribution in [2.24, 2.45) is 0 Å². The van der Waals surface area contributed by atoms with Crippen molar-refractivity contribution in [2.45, 2.75) is 19.8 Å². The Bertz CT molecular complexity index is 1610. The highest BCUT2D eigenvalue weighted by atomic mass is 15.0. The molecule has 0 spiro atoms. The lowest BCUT2D eigenvalue weighted by Gasteiger charge is -2.11. The van der Waals surface area contributed by atoms with Crippen molar-refractivity contribution in [1.29, 1.82) is 0 Å². The molecule has 0 fully saturated rings. The monoisotopic (exact) mass is 477 g/mol. The lowest BCUT2D eigenvalue weighted by molar-refractivity contribution is 1.01. The molecule has 6 rings (SSSR count). The zero-order valence-electron chi connectivity index (χ0n) is 20.8. The minimum atomic E-state index is 0.681. The first-order chi connectivity index (χ1) is 18.2. The van der Waals surface area contributed by atoms with Gasteiger partial charge in [0.1, 0.15) is 0 Å². The Morgan fingerprint density at radius 3 is 1.73 bits per heavy atom. The van der Waals surface area contributed by atoms with Crippen LogP contribution in [0.25, 0.3) is 50.6 Å². The quantitative estimate of drug-likeness (QED) is 0.254.